The van der Waals surface area contributed by atoms with Crippen LogP contribution in [0.4, 0.5) is 4.79 Å². The molecular formula is C34H62N6O6S. The summed E-state index contributed by atoms with van der Waals surface area (Å²) < 4.78 is 7.52. The van der Waals surface area contributed by atoms with Crippen molar-refractivity contribution in [2.75, 3.05) is 12.0 Å². The number of alkyl carbamates (subject to hydrolysis) is 1. The zero-order valence-corrected chi connectivity index (χ0v) is 31.5. The minimum absolute atomic E-state index is 0.0630. The lowest BCUT2D eigenvalue weighted by Gasteiger charge is -2.30. The van der Waals surface area contributed by atoms with Crippen LogP contribution in [0.2, 0.25) is 0 Å². The average Bonchev–Trinajstić information content (AvgIpc) is 3.23. The zero-order valence-electron chi connectivity index (χ0n) is 30.7. The van der Waals surface area contributed by atoms with E-state index in [4.69, 9.17) is 4.74 Å². The summed E-state index contributed by atoms with van der Waals surface area (Å²) in [5.41, 5.74) is 0.921. The second-order valence-corrected chi connectivity index (χ2v) is 15.5. The van der Waals surface area contributed by atoms with Gasteiger partial charge in [0.2, 0.25) is 17.7 Å². The molecule has 5 atom stereocenters. The van der Waals surface area contributed by atoms with Crippen LogP contribution in [-0.2, 0) is 25.7 Å². The van der Waals surface area contributed by atoms with Crippen LogP contribution < -0.4 is 21.3 Å². The van der Waals surface area contributed by atoms with Crippen molar-refractivity contribution < 1.29 is 29.0 Å². The lowest BCUT2D eigenvalue weighted by Crippen LogP contribution is -2.54. The van der Waals surface area contributed by atoms with Crippen LogP contribution in [-0.4, -0.2) is 86.6 Å². The molecule has 0 spiro atoms. The van der Waals surface area contributed by atoms with E-state index in [1.807, 2.05) is 67.7 Å². The predicted octanol–water partition coefficient (Wildman–Crippen LogP) is 4.10. The largest absolute Gasteiger partial charge is 0.442 e. The van der Waals surface area contributed by atoms with Crippen molar-refractivity contribution in [3.63, 3.8) is 0 Å². The molecule has 12 nitrogen and oxygen atoms in total. The molecule has 47 heavy (non-hydrogen) atoms. The van der Waals surface area contributed by atoms with Gasteiger partial charge in [-0.15, -0.1) is 0 Å². The third kappa shape index (κ3) is 16.2. The first-order valence-corrected chi connectivity index (χ1v) is 18.2. The topological polar surface area (TPSA) is 164 Å². The Morgan fingerprint density at radius 3 is 1.98 bits per heavy atom. The fraction of sp³-hybridized carbons (Fsp3) is 0.794. The standard InChI is InChI=1S/C34H62N6O6S/c1-20(2)15-27(29(41)17-23(7)30(42)37-28(16-21(3)4)32(44)35-22(5)6)36-31(43)26(13-14-47-12)38-33(45)46-34(10,11)19-40-25(9)18-24(8)39-40/h18,20-23,26-29,41H,13-17,19H2,1-12H3,(H,35,44)(H,36,43)(H,37,42)(H,38,45)/t23-,26+,27+,28+,29+/m1/s1. The van der Waals surface area contributed by atoms with E-state index in [1.165, 1.54) is 0 Å². The van der Waals surface area contributed by atoms with Crippen molar-refractivity contribution in [3.8, 4) is 0 Å². The number of hydrogen-bond acceptors (Lipinski definition) is 8. The fourth-order valence-electron chi connectivity index (χ4n) is 5.29. The highest BCUT2D eigenvalue weighted by Crippen LogP contribution is 2.18. The Morgan fingerprint density at radius 1 is 0.872 bits per heavy atom. The summed E-state index contributed by atoms with van der Waals surface area (Å²) in [5.74, 6) is -0.702. The number of thioether (sulfide) groups is 1. The highest BCUT2D eigenvalue weighted by Gasteiger charge is 2.32. The molecule has 1 rings (SSSR count). The molecule has 0 bridgehead atoms. The summed E-state index contributed by atoms with van der Waals surface area (Å²) in [6.45, 7) is 21.1. The van der Waals surface area contributed by atoms with Gasteiger partial charge in [-0.05, 0) is 97.1 Å². The van der Waals surface area contributed by atoms with Crippen molar-refractivity contribution >= 4 is 35.6 Å². The van der Waals surface area contributed by atoms with Crippen molar-refractivity contribution in [2.45, 2.75) is 144 Å². The number of carbonyl (C=O) groups excluding carboxylic acids is 4. The van der Waals surface area contributed by atoms with Crippen LogP contribution in [0.3, 0.4) is 0 Å². The van der Waals surface area contributed by atoms with Gasteiger partial charge in [-0.3, -0.25) is 19.1 Å². The highest BCUT2D eigenvalue weighted by molar-refractivity contribution is 7.98. The second-order valence-electron chi connectivity index (χ2n) is 14.5. The SMILES string of the molecule is CSCC[C@H](NC(=O)OC(C)(C)Cn1nc(C)cc1C)C(=O)N[C@@H](CC(C)C)[C@@H](O)C[C@@H](C)C(=O)N[C@@H](CC(C)C)C(=O)NC(C)C. The van der Waals surface area contributed by atoms with Gasteiger partial charge in [-0.25, -0.2) is 4.79 Å². The molecule has 0 fully saturated rings. The molecule has 0 aliphatic carbocycles. The minimum Gasteiger partial charge on any atom is -0.442 e. The molecule has 0 saturated heterocycles. The number of ether oxygens (including phenoxy) is 1. The molecule has 4 amide bonds. The molecule has 270 valence electrons. The van der Waals surface area contributed by atoms with Crippen LogP contribution in [0, 0.1) is 31.6 Å². The van der Waals surface area contributed by atoms with Gasteiger partial charge in [0.1, 0.15) is 17.7 Å². The van der Waals surface area contributed by atoms with E-state index in [0.29, 0.717) is 31.6 Å². The average molecular weight is 683 g/mol. The maximum Gasteiger partial charge on any atom is 0.408 e. The van der Waals surface area contributed by atoms with Crippen molar-refractivity contribution in [1.82, 2.24) is 31.0 Å². The molecule has 1 aromatic heterocycles. The molecule has 5 N–H and O–H groups in total. The maximum atomic E-state index is 13.6. The number of nitrogens with one attached hydrogen (secondary N) is 4. The minimum atomic E-state index is -1.04. The van der Waals surface area contributed by atoms with E-state index < -0.39 is 47.7 Å². The molecule has 13 heteroatoms. The van der Waals surface area contributed by atoms with Crippen LogP contribution in [0.15, 0.2) is 6.07 Å². The summed E-state index contributed by atoms with van der Waals surface area (Å²) in [6, 6.07) is -0.350. The second kappa shape index (κ2) is 19.9. The molecule has 0 saturated carbocycles. The number of aliphatic hydroxyl groups is 1. The Kier molecular flexibility index (Phi) is 17.9. The number of aliphatic hydroxyl groups excluding tert-OH is 1. The van der Waals surface area contributed by atoms with Gasteiger partial charge in [-0.2, -0.15) is 16.9 Å². The quantitative estimate of drug-likeness (QED) is 0.137. The van der Waals surface area contributed by atoms with Crippen molar-refractivity contribution in [3.05, 3.63) is 17.5 Å². The number of hydrogen-bond donors (Lipinski definition) is 5. The Hall–Kier alpha value is -2.80. The van der Waals surface area contributed by atoms with E-state index in [1.54, 1.807) is 37.2 Å². The number of nitrogens with zero attached hydrogens (tertiary/aromatic N) is 2. The molecular weight excluding hydrogens is 620 g/mol. The third-order valence-electron chi connectivity index (χ3n) is 7.55. The Balaban J connectivity index is 2.98. The lowest BCUT2D eigenvalue weighted by molar-refractivity contribution is -0.132. The third-order valence-corrected chi connectivity index (χ3v) is 8.20. The molecule has 1 heterocycles. The molecule has 0 radical (unpaired) electrons. The zero-order chi connectivity index (χ0) is 36.1. The fourth-order valence-corrected chi connectivity index (χ4v) is 5.77. The number of aryl methyl sites for hydroxylation is 2. The van der Waals surface area contributed by atoms with Crippen molar-refractivity contribution in [2.24, 2.45) is 17.8 Å². The maximum absolute atomic E-state index is 13.6. The van der Waals surface area contributed by atoms with E-state index in [9.17, 15) is 24.3 Å². The van der Waals surface area contributed by atoms with Gasteiger partial charge >= 0.3 is 6.09 Å². The van der Waals surface area contributed by atoms with Gasteiger partial charge in [0, 0.05) is 17.7 Å². The Labute approximate surface area is 286 Å². The van der Waals surface area contributed by atoms with Gasteiger partial charge in [0.05, 0.1) is 24.4 Å². The molecule has 0 aliphatic rings. The van der Waals surface area contributed by atoms with Gasteiger partial charge in [0.15, 0.2) is 0 Å². The molecule has 0 unspecified atom stereocenters. The monoisotopic (exact) mass is 682 g/mol. The predicted molar refractivity (Wildman–Crippen MR) is 188 cm³/mol. The highest BCUT2D eigenvalue weighted by atomic mass is 32.2. The number of carbonyl (C=O) groups is 4. The first-order valence-electron chi connectivity index (χ1n) is 16.8. The van der Waals surface area contributed by atoms with E-state index in [-0.39, 0.29) is 36.1 Å². The van der Waals surface area contributed by atoms with E-state index in [0.717, 1.165) is 11.4 Å². The van der Waals surface area contributed by atoms with Crippen LogP contribution in [0.25, 0.3) is 0 Å². The smallest absolute Gasteiger partial charge is 0.408 e. The van der Waals surface area contributed by atoms with E-state index >= 15 is 0 Å². The molecule has 0 aliphatic heterocycles. The molecule has 1 aromatic rings. The van der Waals surface area contributed by atoms with Crippen molar-refractivity contribution in [1.29, 1.82) is 0 Å². The van der Waals surface area contributed by atoms with Gasteiger partial charge in [0.25, 0.3) is 0 Å². The van der Waals surface area contributed by atoms with Gasteiger partial charge in [-0.1, -0.05) is 34.6 Å². The van der Waals surface area contributed by atoms with Crippen LogP contribution >= 0.6 is 11.8 Å². The Bertz CT molecular complexity index is 1150. The lowest BCUT2D eigenvalue weighted by atomic mass is 9.91. The summed E-state index contributed by atoms with van der Waals surface area (Å²) in [4.78, 5) is 52.5. The van der Waals surface area contributed by atoms with Gasteiger partial charge < -0.3 is 31.1 Å². The van der Waals surface area contributed by atoms with Crippen LogP contribution in [0.1, 0.15) is 99.4 Å². The van der Waals surface area contributed by atoms with Crippen LogP contribution in [0.5, 0.6) is 0 Å². The molecule has 0 aromatic carbocycles. The summed E-state index contributed by atoms with van der Waals surface area (Å²) in [5, 5.41) is 27.1. The van der Waals surface area contributed by atoms with E-state index in [2.05, 4.69) is 26.4 Å². The first kappa shape index (κ1) is 42.2. The number of amides is 4. The summed E-state index contributed by atoms with van der Waals surface area (Å²) in [6.07, 6.45) is 1.54. The first-order chi connectivity index (χ1) is 21.7. The normalized spacial score (nSPS) is 15.1. The number of rotatable bonds is 20. The number of aromatic nitrogens is 2. The summed E-state index contributed by atoms with van der Waals surface area (Å²) >= 11 is 1.55. The summed E-state index contributed by atoms with van der Waals surface area (Å²) in [7, 11) is 0. The Morgan fingerprint density at radius 2 is 1.47 bits per heavy atom.